The second-order valence-electron chi connectivity index (χ2n) is 3.71. The summed E-state index contributed by atoms with van der Waals surface area (Å²) in [4.78, 5) is 21.1. The minimum Gasteiger partial charge on any atom is -0.481 e. The number of hydrogen-bond acceptors (Lipinski definition) is 5. The van der Waals surface area contributed by atoms with Crippen molar-refractivity contribution in [2.45, 2.75) is 11.3 Å². The fraction of sp³-hybridized carbons (Fsp3) is 0.273. The van der Waals surface area contributed by atoms with Crippen molar-refractivity contribution in [2.24, 2.45) is 0 Å². The van der Waals surface area contributed by atoms with Gasteiger partial charge in [-0.15, -0.1) is 0 Å². The highest BCUT2D eigenvalue weighted by molar-refractivity contribution is 7.89. The molecule has 20 heavy (non-hydrogen) atoms. The number of sulfonamides is 1. The standard InChI is InChI=1S/C11H12FNO6S/c1-19-11(16)7-4-8(12)6-9(5-7)20(17,18)13-3-2-10(14)15/h4-6,13H,2-3H2,1H3,(H,14,15). The number of rotatable bonds is 6. The molecule has 110 valence electrons. The molecule has 1 aromatic rings. The van der Waals surface area contributed by atoms with Crippen molar-refractivity contribution >= 4 is 22.0 Å². The zero-order chi connectivity index (χ0) is 15.3. The van der Waals surface area contributed by atoms with Gasteiger partial charge in [-0.1, -0.05) is 0 Å². The van der Waals surface area contributed by atoms with Gasteiger partial charge in [0.2, 0.25) is 10.0 Å². The summed E-state index contributed by atoms with van der Waals surface area (Å²) in [7, 11) is -3.03. The highest BCUT2D eigenvalue weighted by atomic mass is 32.2. The van der Waals surface area contributed by atoms with E-state index in [2.05, 4.69) is 4.74 Å². The maximum atomic E-state index is 13.3. The van der Waals surface area contributed by atoms with Crippen LogP contribution in [0, 0.1) is 5.82 Å². The van der Waals surface area contributed by atoms with Gasteiger partial charge in [0, 0.05) is 6.54 Å². The first-order chi connectivity index (χ1) is 9.26. The number of aliphatic carboxylic acids is 1. The lowest BCUT2D eigenvalue weighted by Gasteiger charge is -2.07. The number of nitrogens with one attached hydrogen (secondary N) is 1. The molecule has 0 aliphatic carbocycles. The molecule has 0 radical (unpaired) electrons. The second kappa shape index (κ2) is 6.44. The van der Waals surface area contributed by atoms with E-state index in [0.29, 0.717) is 0 Å². The summed E-state index contributed by atoms with van der Waals surface area (Å²) in [5, 5.41) is 8.42. The molecular weight excluding hydrogens is 293 g/mol. The Morgan fingerprint density at radius 1 is 1.35 bits per heavy atom. The zero-order valence-corrected chi connectivity index (χ0v) is 11.2. The highest BCUT2D eigenvalue weighted by Gasteiger charge is 2.18. The molecule has 1 rings (SSSR count). The summed E-state index contributed by atoms with van der Waals surface area (Å²) < 4.78 is 43.3. The number of methoxy groups -OCH3 is 1. The van der Waals surface area contributed by atoms with Gasteiger partial charge in [-0.2, -0.15) is 0 Å². The first-order valence-corrected chi connectivity index (χ1v) is 6.85. The normalized spacial score (nSPS) is 11.1. The Bertz CT molecular complexity index is 628. The topological polar surface area (TPSA) is 110 Å². The Balaban J connectivity index is 3.03. The SMILES string of the molecule is COC(=O)c1cc(F)cc(S(=O)(=O)NCCC(=O)O)c1. The molecule has 9 heteroatoms. The Morgan fingerprint density at radius 2 is 2.00 bits per heavy atom. The Labute approximate surface area is 114 Å². The van der Waals surface area contributed by atoms with Crippen LogP contribution >= 0.6 is 0 Å². The lowest BCUT2D eigenvalue weighted by molar-refractivity contribution is -0.136. The van der Waals surface area contributed by atoms with E-state index in [1.54, 1.807) is 0 Å². The van der Waals surface area contributed by atoms with E-state index in [4.69, 9.17) is 5.11 Å². The number of ether oxygens (including phenoxy) is 1. The third-order valence-electron chi connectivity index (χ3n) is 2.23. The minimum atomic E-state index is -4.10. The van der Waals surface area contributed by atoms with E-state index < -0.39 is 39.1 Å². The van der Waals surface area contributed by atoms with Crippen LogP contribution in [0.1, 0.15) is 16.8 Å². The smallest absolute Gasteiger partial charge is 0.337 e. The zero-order valence-electron chi connectivity index (χ0n) is 10.4. The molecule has 1 aromatic carbocycles. The van der Waals surface area contributed by atoms with Gasteiger partial charge in [0.15, 0.2) is 0 Å². The number of carboxylic acid groups (broad SMARTS) is 1. The van der Waals surface area contributed by atoms with Crippen molar-refractivity contribution in [2.75, 3.05) is 13.7 Å². The van der Waals surface area contributed by atoms with E-state index in [1.165, 1.54) is 0 Å². The van der Waals surface area contributed by atoms with E-state index in [9.17, 15) is 22.4 Å². The second-order valence-corrected chi connectivity index (χ2v) is 5.48. The Kier molecular flexibility index (Phi) is 5.17. The summed E-state index contributed by atoms with van der Waals surface area (Å²) in [6.07, 6.45) is -0.418. The molecular formula is C11H12FNO6S. The Hall–Kier alpha value is -2.00. The van der Waals surface area contributed by atoms with Gasteiger partial charge < -0.3 is 9.84 Å². The van der Waals surface area contributed by atoms with Gasteiger partial charge in [-0.05, 0) is 18.2 Å². The van der Waals surface area contributed by atoms with E-state index in [1.807, 2.05) is 4.72 Å². The lowest BCUT2D eigenvalue weighted by atomic mass is 10.2. The number of benzene rings is 1. The van der Waals surface area contributed by atoms with Crippen molar-refractivity contribution in [3.05, 3.63) is 29.6 Å². The Morgan fingerprint density at radius 3 is 2.55 bits per heavy atom. The molecule has 0 aliphatic heterocycles. The molecule has 0 spiro atoms. The fourth-order valence-corrected chi connectivity index (χ4v) is 2.42. The molecule has 2 N–H and O–H groups in total. The highest BCUT2D eigenvalue weighted by Crippen LogP contribution is 2.15. The van der Waals surface area contributed by atoms with Crippen LogP contribution in [0.4, 0.5) is 4.39 Å². The average Bonchev–Trinajstić information content (AvgIpc) is 2.36. The van der Waals surface area contributed by atoms with Crippen LogP contribution in [-0.4, -0.2) is 39.1 Å². The monoisotopic (exact) mass is 305 g/mol. The molecule has 0 saturated heterocycles. The van der Waals surface area contributed by atoms with E-state index in [-0.39, 0.29) is 12.1 Å². The fourth-order valence-electron chi connectivity index (χ4n) is 1.33. The number of esters is 1. The summed E-state index contributed by atoms with van der Waals surface area (Å²) in [5.74, 6) is -2.99. The predicted molar refractivity (Wildman–Crippen MR) is 65.2 cm³/mol. The van der Waals surface area contributed by atoms with Gasteiger partial charge in [-0.3, -0.25) is 4.79 Å². The lowest BCUT2D eigenvalue weighted by Crippen LogP contribution is -2.26. The van der Waals surface area contributed by atoms with Crippen molar-refractivity contribution in [1.29, 1.82) is 0 Å². The van der Waals surface area contributed by atoms with E-state index in [0.717, 1.165) is 25.3 Å². The van der Waals surface area contributed by atoms with Crippen molar-refractivity contribution in [3.63, 3.8) is 0 Å². The number of carboxylic acids is 1. The quantitative estimate of drug-likeness (QED) is 0.735. The van der Waals surface area contributed by atoms with Crippen LogP contribution in [0.15, 0.2) is 23.1 Å². The van der Waals surface area contributed by atoms with Gasteiger partial charge in [0.25, 0.3) is 0 Å². The summed E-state index contributed by atoms with van der Waals surface area (Å²) in [6.45, 7) is -0.345. The van der Waals surface area contributed by atoms with Crippen LogP contribution < -0.4 is 4.72 Å². The van der Waals surface area contributed by atoms with Crippen LogP contribution in [0.25, 0.3) is 0 Å². The van der Waals surface area contributed by atoms with Crippen molar-refractivity contribution in [1.82, 2.24) is 4.72 Å². The molecule has 7 nitrogen and oxygen atoms in total. The molecule has 0 amide bonds. The number of halogens is 1. The van der Waals surface area contributed by atoms with Crippen LogP contribution in [0.5, 0.6) is 0 Å². The molecule has 0 bridgehead atoms. The number of hydrogen-bond donors (Lipinski definition) is 2. The predicted octanol–water partition coefficient (Wildman–Crippen LogP) is 0.365. The molecule has 0 fully saturated rings. The van der Waals surface area contributed by atoms with Crippen molar-refractivity contribution in [3.8, 4) is 0 Å². The van der Waals surface area contributed by atoms with Crippen molar-refractivity contribution < 1.29 is 32.2 Å². The number of carbonyl (C=O) groups is 2. The molecule has 0 aliphatic rings. The maximum absolute atomic E-state index is 13.3. The van der Waals surface area contributed by atoms with E-state index >= 15 is 0 Å². The molecule has 0 heterocycles. The molecule has 0 saturated carbocycles. The third kappa shape index (κ3) is 4.28. The maximum Gasteiger partial charge on any atom is 0.337 e. The number of carbonyl (C=O) groups excluding carboxylic acids is 1. The third-order valence-corrected chi connectivity index (χ3v) is 3.67. The first-order valence-electron chi connectivity index (χ1n) is 5.36. The van der Waals surface area contributed by atoms with Crippen LogP contribution in [-0.2, 0) is 19.6 Å². The largest absolute Gasteiger partial charge is 0.481 e. The molecule has 0 atom stereocenters. The molecule has 0 unspecified atom stereocenters. The summed E-state index contributed by atoms with van der Waals surface area (Å²) in [6, 6.07) is 2.50. The molecule has 0 aromatic heterocycles. The van der Waals surface area contributed by atoms with Crippen LogP contribution in [0.2, 0.25) is 0 Å². The average molecular weight is 305 g/mol. The minimum absolute atomic E-state index is 0.258. The van der Waals surface area contributed by atoms with Gasteiger partial charge in [0.05, 0.1) is 24.0 Å². The summed E-state index contributed by atoms with van der Waals surface area (Å²) >= 11 is 0. The summed E-state index contributed by atoms with van der Waals surface area (Å²) in [5.41, 5.74) is -0.258. The van der Waals surface area contributed by atoms with Gasteiger partial charge in [-0.25, -0.2) is 22.3 Å². The van der Waals surface area contributed by atoms with Gasteiger partial charge in [0.1, 0.15) is 5.82 Å². The first kappa shape index (κ1) is 16.1. The van der Waals surface area contributed by atoms with Gasteiger partial charge >= 0.3 is 11.9 Å². The van der Waals surface area contributed by atoms with Crippen LogP contribution in [0.3, 0.4) is 0 Å².